The number of ether oxygens (including phenoxy) is 1. The van der Waals surface area contributed by atoms with Gasteiger partial charge < -0.3 is 19.9 Å². The third-order valence-electron chi connectivity index (χ3n) is 9.28. The molecule has 240 valence electrons. The summed E-state index contributed by atoms with van der Waals surface area (Å²) < 4.78 is 63.1. The lowest BCUT2D eigenvalue weighted by molar-refractivity contribution is -0.138. The molecule has 2 fully saturated rings. The molecule has 4 atom stereocenters. The monoisotopic (exact) mass is 619 g/mol. The number of carbonyl (C=O) groups excluding carboxylic acids is 1. The zero-order chi connectivity index (χ0) is 31.9. The molecule has 1 aromatic heterocycles. The minimum atomic E-state index is -4.92. The van der Waals surface area contributed by atoms with Crippen LogP contribution in [0.25, 0.3) is 5.57 Å². The summed E-state index contributed by atoms with van der Waals surface area (Å²) in [4.78, 5) is 33.8. The lowest BCUT2D eigenvalue weighted by atomic mass is 9.93. The molecule has 44 heavy (non-hydrogen) atoms. The summed E-state index contributed by atoms with van der Waals surface area (Å²) in [7, 11) is 2.01. The topological polar surface area (TPSA) is 80.9 Å². The quantitative estimate of drug-likeness (QED) is 0.439. The lowest BCUT2D eigenvalue weighted by Gasteiger charge is -2.44. The maximum absolute atomic E-state index is 15.9. The van der Waals surface area contributed by atoms with Gasteiger partial charge >= 0.3 is 6.18 Å². The van der Waals surface area contributed by atoms with Crippen molar-refractivity contribution in [3.05, 3.63) is 63.3 Å². The Morgan fingerprint density at radius 2 is 1.70 bits per heavy atom. The van der Waals surface area contributed by atoms with Crippen LogP contribution in [-0.4, -0.2) is 84.3 Å². The Labute approximate surface area is 255 Å². The van der Waals surface area contributed by atoms with Crippen LogP contribution in [0.15, 0.2) is 35.3 Å². The first-order valence-corrected chi connectivity index (χ1v) is 15.2. The number of halogens is 4. The van der Waals surface area contributed by atoms with Crippen molar-refractivity contribution < 1.29 is 27.1 Å². The van der Waals surface area contributed by atoms with E-state index in [0.717, 1.165) is 31.2 Å². The number of likely N-dealkylation sites (N-methyl/N-ethyl adjacent to an activating group) is 1. The van der Waals surface area contributed by atoms with Crippen LogP contribution in [0.3, 0.4) is 0 Å². The lowest BCUT2D eigenvalue weighted by Crippen LogP contribution is -2.55. The molecule has 0 radical (unpaired) electrons. The number of piperazine rings is 1. The van der Waals surface area contributed by atoms with Crippen LogP contribution < -0.4 is 15.8 Å². The predicted octanol–water partition coefficient (Wildman–Crippen LogP) is 5.36. The summed E-state index contributed by atoms with van der Waals surface area (Å²) in [5.41, 5.74) is -1.32. The summed E-state index contributed by atoms with van der Waals surface area (Å²) in [6, 6.07) is 3.88. The highest BCUT2D eigenvalue weighted by Crippen LogP contribution is 2.38. The number of nitrogens with zero attached hydrogens (tertiary/aromatic N) is 3. The Kier molecular flexibility index (Phi) is 9.25. The standard InChI is InChI=1S/C32H41F4N5O3/c1-18-16-41(17-19(2)39(18)5)29-14-27(33)24(22-6-8-40(9-7-22)23-10-20(3)44-21(4)11-23)12-28(29)38-31(43)25-15-37-30(42)13-26(25)32(34,35)36/h6,12-15,18-21,23H,7-11,16-17H2,1-5H3,(H,37,42)(H,38,43). The van der Waals surface area contributed by atoms with E-state index >= 15 is 4.39 Å². The molecule has 4 heterocycles. The van der Waals surface area contributed by atoms with Crippen LogP contribution in [0.5, 0.6) is 0 Å². The number of anilines is 2. The number of hydrogen-bond acceptors (Lipinski definition) is 6. The van der Waals surface area contributed by atoms with E-state index in [1.165, 1.54) is 12.1 Å². The van der Waals surface area contributed by atoms with Gasteiger partial charge in [-0.05, 0) is 71.7 Å². The smallest absolute Gasteiger partial charge is 0.375 e. The molecule has 0 aliphatic carbocycles. The van der Waals surface area contributed by atoms with Crippen LogP contribution >= 0.6 is 0 Å². The van der Waals surface area contributed by atoms with Gasteiger partial charge in [0.15, 0.2) is 0 Å². The first-order valence-electron chi connectivity index (χ1n) is 15.2. The largest absolute Gasteiger partial charge is 0.417 e. The van der Waals surface area contributed by atoms with Gasteiger partial charge in [0.25, 0.3) is 5.91 Å². The number of nitrogens with one attached hydrogen (secondary N) is 2. The Morgan fingerprint density at radius 1 is 1.05 bits per heavy atom. The van der Waals surface area contributed by atoms with Gasteiger partial charge in [0.2, 0.25) is 5.56 Å². The molecule has 2 aromatic rings. The molecule has 12 heteroatoms. The second kappa shape index (κ2) is 12.6. The van der Waals surface area contributed by atoms with Crippen molar-refractivity contribution in [2.24, 2.45) is 0 Å². The van der Waals surface area contributed by atoms with E-state index in [1.807, 2.05) is 31.9 Å². The van der Waals surface area contributed by atoms with Crippen LogP contribution in [-0.2, 0) is 10.9 Å². The van der Waals surface area contributed by atoms with E-state index in [-0.39, 0.29) is 30.0 Å². The van der Waals surface area contributed by atoms with Crippen LogP contribution in [0.2, 0.25) is 0 Å². The number of aromatic amines is 1. The first kappa shape index (κ1) is 32.2. The van der Waals surface area contributed by atoms with E-state index in [9.17, 15) is 22.8 Å². The van der Waals surface area contributed by atoms with E-state index in [1.54, 1.807) is 0 Å². The Bertz CT molecular complexity index is 1450. The molecule has 3 aliphatic heterocycles. The predicted molar refractivity (Wildman–Crippen MR) is 163 cm³/mol. The number of benzene rings is 1. The number of alkyl halides is 3. The van der Waals surface area contributed by atoms with E-state index in [2.05, 4.69) is 33.9 Å². The first-order chi connectivity index (χ1) is 20.7. The number of amides is 1. The van der Waals surface area contributed by atoms with Crippen molar-refractivity contribution in [3.8, 4) is 0 Å². The van der Waals surface area contributed by atoms with Crippen molar-refractivity contribution in [1.29, 1.82) is 0 Å². The Balaban J connectivity index is 1.49. The number of hydrogen-bond donors (Lipinski definition) is 2. The second-order valence-electron chi connectivity index (χ2n) is 12.6. The molecule has 3 aliphatic rings. The SMILES string of the molecule is CC1CC(N2CC=C(c3cc(NC(=O)c4c[nH]c(=O)cc4C(F)(F)F)c(N4CC(C)N(C)C(C)C4)cc3F)CC2)CC(C)O1. The van der Waals surface area contributed by atoms with E-state index in [0.29, 0.717) is 49.4 Å². The van der Waals surface area contributed by atoms with E-state index < -0.39 is 34.6 Å². The highest BCUT2D eigenvalue weighted by Gasteiger charge is 2.37. The number of H-pyrrole nitrogens is 1. The van der Waals surface area contributed by atoms with Gasteiger partial charge in [-0.3, -0.25) is 19.4 Å². The number of rotatable bonds is 5. The minimum absolute atomic E-state index is 0.115. The zero-order valence-electron chi connectivity index (χ0n) is 25.8. The molecule has 1 aromatic carbocycles. The van der Waals surface area contributed by atoms with Crippen molar-refractivity contribution in [2.75, 3.05) is 43.4 Å². The van der Waals surface area contributed by atoms with Gasteiger partial charge in [-0.25, -0.2) is 4.39 Å². The average Bonchev–Trinajstić information content (AvgIpc) is 2.95. The molecule has 0 spiro atoms. The molecule has 1 amide bonds. The van der Waals surface area contributed by atoms with Crippen LogP contribution in [0.4, 0.5) is 28.9 Å². The maximum atomic E-state index is 15.9. The average molecular weight is 620 g/mol. The molecular formula is C32H41F4N5O3. The summed E-state index contributed by atoms with van der Waals surface area (Å²) >= 11 is 0. The fraction of sp³-hybridized carbons (Fsp3) is 0.562. The van der Waals surface area contributed by atoms with Crippen molar-refractivity contribution in [2.45, 2.75) is 83.5 Å². The fourth-order valence-corrected chi connectivity index (χ4v) is 6.78. The molecule has 5 rings (SSSR count). The number of pyridine rings is 1. The molecule has 4 unspecified atom stereocenters. The normalized spacial score (nSPS) is 27.2. The molecular weight excluding hydrogens is 578 g/mol. The van der Waals surface area contributed by atoms with Crippen LogP contribution in [0, 0.1) is 5.82 Å². The summed E-state index contributed by atoms with van der Waals surface area (Å²) in [6.07, 6.45) is 0.640. The summed E-state index contributed by atoms with van der Waals surface area (Å²) in [6.45, 7) is 10.7. The molecule has 2 N–H and O–H groups in total. The maximum Gasteiger partial charge on any atom is 0.417 e. The third-order valence-corrected chi connectivity index (χ3v) is 9.28. The molecule has 2 saturated heterocycles. The number of aromatic nitrogens is 1. The zero-order valence-corrected chi connectivity index (χ0v) is 25.8. The highest BCUT2D eigenvalue weighted by molar-refractivity contribution is 6.07. The number of carbonyl (C=O) groups is 1. The van der Waals surface area contributed by atoms with Gasteiger partial charge in [0.1, 0.15) is 5.82 Å². The van der Waals surface area contributed by atoms with Gasteiger partial charge in [-0.2, -0.15) is 13.2 Å². The van der Waals surface area contributed by atoms with Gasteiger partial charge in [-0.15, -0.1) is 0 Å². The third kappa shape index (κ3) is 6.87. The van der Waals surface area contributed by atoms with E-state index in [4.69, 9.17) is 4.74 Å². The second-order valence-corrected chi connectivity index (χ2v) is 12.6. The molecule has 0 bridgehead atoms. The Hall–Kier alpha value is -3.22. The summed E-state index contributed by atoms with van der Waals surface area (Å²) in [5, 5.41) is 2.64. The van der Waals surface area contributed by atoms with Crippen molar-refractivity contribution in [1.82, 2.24) is 14.8 Å². The van der Waals surface area contributed by atoms with Crippen molar-refractivity contribution >= 4 is 22.9 Å². The molecule has 0 saturated carbocycles. The fourth-order valence-electron chi connectivity index (χ4n) is 6.78. The molecule has 8 nitrogen and oxygen atoms in total. The van der Waals surface area contributed by atoms with Gasteiger partial charge in [0.05, 0.1) is 34.7 Å². The van der Waals surface area contributed by atoms with Crippen molar-refractivity contribution in [3.63, 3.8) is 0 Å². The van der Waals surface area contributed by atoms with Gasteiger partial charge in [-0.1, -0.05) is 6.08 Å². The van der Waals surface area contributed by atoms with Crippen LogP contribution in [0.1, 0.15) is 68.4 Å². The summed E-state index contributed by atoms with van der Waals surface area (Å²) in [5.74, 6) is -1.50. The highest BCUT2D eigenvalue weighted by atomic mass is 19.4. The Morgan fingerprint density at radius 3 is 2.30 bits per heavy atom. The minimum Gasteiger partial charge on any atom is -0.375 e. The van der Waals surface area contributed by atoms with Gasteiger partial charge in [0, 0.05) is 62.1 Å².